The molecule has 0 aliphatic carbocycles. The van der Waals surface area contributed by atoms with E-state index in [-0.39, 0.29) is 11.3 Å². The number of hydrogen-bond donors (Lipinski definition) is 0. The van der Waals surface area contributed by atoms with Gasteiger partial charge in [0.1, 0.15) is 0 Å². The van der Waals surface area contributed by atoms with Crippen LogP contribution in [-0.2, 0) is 19.7 Å². The third kappa shape index (κ3) is 3.34. The van der Waals surface area contributed by atoms with E-state index in [4.69, 9.17) is 0 Å². The van der Waals surface area contributed by atoms with E-state index in [9.17, 15) is 26.9 Å². The average Bonchev–Trinajstić information content (AvgIpc) is 2.34. The number of hydrogen-bond acceptors (Lipinski definition) is 6. The van der Waals surface area contributed by atoms with E-state index in [1.807, 2.05) is 0 Å². The number of sulfone groups is 2. The van der Waals surface area contributed by atoms with E-state index in [0.29, 0.717) is 6.26 Å². The lowest BCUT2D eigenvalue weighted by molar-refractivity contribution is -0.519. The molecule has 2 atom stereocenters. The molecule has 0 heterocycles. The van der Waals surface area contributed by atoms with Crippen LogP contribution in [0.25, 0.3) is 0 Å². The fourth-order valence-corrected chi connectivity index (χ4v) is 6.45. The first kappa shape index (κ1) is 16.6. The molecule has 0 amide bonds. The Hall–Kier alpha value is -1.48. The van der Waals surface area contributed by atoms with Crippen molar-refractivity contribution in [2.24, 2.45) is 0 Å². The Morgan fingerprint density at radius 1 is 1.15 bits per heavy atom. The van der Waals surface area contributed by atoms with E-state index in [1.54, 1.807) is 6.07 Å². The minimum absolute atomic E-state index is 0.198. The fourth-order valence-electron chi connectivity index (χ4n) is 1.91. The van der Waals surface area contributed by atoms with Crippen LogP contribution in [0, 0.1) is 10.1 Å². The second kappa shape index (κ2) is 5.88. The van der Waals surface area contributed by atoms with Crippen LogP contribution < -0.4 is 0 Å². The molecular weight excluding hydrogens is 306 g/mol. The lowest BCUT2D eigenvalue weighted by Crippen LogP contribution is -2.44. The third-order valence-electron chi connectivity index (χ3n) is 2.80. The summed E-state index contributed by atoms with van der Waals surface area (Å²) < 4.78 is 46.3. The van der Waals surface area contributed by atoms with Crippen LogP contribution in [0.2, 0.25) is 0 Å². The molecule has 0 aliphatic rings. The zero-order valence-electron chi connectivity index (χ0n) is 11.0. The van der Waals surface area contributed by atoms with Gasteiger partial charge in [-0.15, -0.1) is 0 Å². The molecule has 0 spiro atoms. The van der Waals surface area contributed by atoms with Gasteiger partial charge >= 0.3 is 0 Å². The van der Waals surface area contributed by atoms with E-state index in [2.05, 4.69) is 0 Å². The summed E-state index contributed by atoms with van der Waals surface area (Å²) in [6.07, 6.45) is 0.501. The van der Waals surface area contributed by atoms with Crippen LogP contribution in [-0.4, -0.2) is 38.6 Å². The van der Waals surface area contributed by atoms with Gasteiger partial charge in [0.05, 0.1) is 4.90 Å². The van der Waals surface area contributed by atoms with Crippen molar-refractivity contribution in [3.05, 3.63) is 40.4 Å². The Bertz CT molecular complexity index is 681. The standard InChI is InChI=1S/C11H15NO6S2/c1-3-10(12(13)14)11(19(2,15)16)20(17,18)9-7-5-4-6-8-9/h4-8,10-11H,3H2,1-2H3. The highest BCUT2D eigenvalue weighted by Crippen LogP contribution is 2.25. The van der Waals surface area contributed by atoms with Crippen LogP contribution in [0.3, 0.4) is 0 Å². The molecular formula is C11H15NO6S2. The Kier molecular flexibility index (Phi) is 4.87. The molecule has 0 radical (unpaired) electrons. The van der Waals surface area contributed by atoms with Gasteiger partial charge in [0.2, 0.25) is 20.5 Å². The average molecular weight is 321 g/mol. The summed E-state index contributed by atoms with van der Waals surface area (Å²) in [5.74, 6) is 0. The van der Waals surface area contributed by atoms with Crippen LogP contribution in [0.5, 0.6) is 0 Å². The molecule has 112 valence electrons. The molecule has 1 aromatic carbocycles. The van der Waals surface area contributed by atoms with Gasteiger partial charge in [0.25, 0.3) is 0 Å². The Balaban J connectivity index is 3.51. The highest BCUT2D eigenvalue weighted by atomic mass is 32.3. The molecule has 2 unspecified atom stereocenters. The van der Waals surface area contributed by atoms with Crippen molar-refractivity contribution in [3.63, 3.8) is 0 Å². The molecule has 1 aromatic rings. The molecule has 0 saturated heterocycles. The van der Waals surface area contributed by atoms with Crippen LogP contribution >= 0.6 is 0 Å². The zero-order valence-corrected chi connectivity index (χ0v) is 12.6. The van der Waals surface area contributed by atoms with Crippen molar-refractivity contribution >= 4 is 19.7 Å². The van der Waals surface area contributed by atoms with Crippen LogP contribution in [0.15, 0.2) is 35.2 Å². The molecule has 0 N–H and O–H groups in total. The molecule has 0 saturated carbocycles. The lowest BCUT2D eigenvalue weighted by Gasteiger charge is -2.18. The maximum Gasteiger partial charge on any atom is 0.244 e. The fraction of sp³-hybridized carbons (Fsp3) is 0.455. The van der Waals surface area contributed by atoms with Crippen molar-refractivity contribution in [2.75, 3.05) is 6.26 Å². The lowest BCUT2D eigenvalue weighted by atomic mass is 10.3. The van der Waals surface area contributed by atoms with Gasteiger partial charge < -0.3 is 0 Å². The third-order valence-corrected chi connectivity index (χ3v) is 7.62. The molecule has 0 bridgehead atoms. The monoisotopic (exact) mass is 321 g/mol. The van der Waals surface area contributed by atoms with Crippen LogP contribution in [0.1, 0.15) is 13.3 Å². The molecule has 0 aliphatic heterocycles. The first-order chi connectivity index (χ1) is 9.12. The number of nitro groups is 1. The normalized spacial score (nSPS) is 15.5. The molecule has 20 heavy (non-hydrogen) atoms. The minimum atomic E-state index is -4.34. The first-order valence-electron chi connectivity index (χ1n) is 5.73. The van der Waals surface area contributed by atoms with Crippen molar-refractivity contribution in [1.29, 1.82) is 0 Å². The number of nitrogens with zero attached hydrogens (tertiary/aromatic N) is 1. The smallest absolute Gasteiger partial charge is 0.244 e. The second-order valence-electron chi connectivity index (χ2n) is 4.32. The van der Waals surface area contributed by atoms with E-state index >= 15 is 0 Å². The van der Waals surface area contributed by atoms with Crippen molar-refractivity contribution in [2.45, 2.75) is 28.9 Å². The number of rotatable bonds is 6. The molecule has 0 fully saturated rings. The van der Waals surface area contributed by atoms with Gasteiger partial charge in [-0.25, -0.2) is 16.8 Å². The summed E-state index contributed by atoms with van der Waals surface area (Å²) in [5.41, 5.74) is 0. The van der Waals surface area contributed by atoms with Gasteiger partial charge in [-0.1, -0.05) is 25.1 Å². The Morgan fingerprint density at radius 3 is 2.00 bits per heavy atom. The minimum Gasteiger partial charge on any atom is -0.264 e. The molecule has 9 heteroatoms. The van der Waals surface area contributed by atoms with Gasteiger partial charge in [-0.2, -0.15) is 0 Å². The predicted octanol–water partition coefficient (Wildman–Crippen LogP) is 0.886. The van der Waals surface area contributed by atoms with Gasteiger partial charge in [0.15, 0.2) is 9.84 Å². The maximum atomic E-state index is 12.4. The van der Waals surface area contributed by atoms with Crippen molar-refractivity contribution in [1.82, 2.24) is 0 Å². The second-order valence-corrected chi connectivity index (χ2v) is 8.85. The molecule has 0 aromatic heterocycles. The summed E-state index contributed by atoms with van der Waals surface area (Å²) in [4.78, 5) is 9.88. The summed E-state index contributed by atoms with van der Waals surface area (Å²) >= 11 is 0. The van der Waals surface area contributed by atoms with E-state index < -0.39 is 35.2 Å². The SMILES string of the molecule is CCC(C(S(C)(=O)=O)S(=O)(=O)c1ccccc1)[N+](=O)[O-]. The van der Waals surface area contributed by atoms with Crippen molar-refractivity contribution in [3.8, 4) is 0 Å². The number of benzene rings is 1. The predicted molar refractivity (Wildman–Crippen MR) is 73.3 cm³/mol. The molecule has 7 nitrogen and oxygen atoms in total. The highest BCUT2D eigenvalue weighted by Gasteiger charge is 2.48. The van der Waals surface area contributed by atoms with Crippen molar-refractivity contribution < 1.29 is 21.8 Å². The Labute approximate surface area is 117 Å². The topological polar surface area (TPSA) is 111 Å². The summed E-state index contributed by atoms with van der Waals surface area (Å²) in [7, 11) is -8.50. The largest absolute Gasteiger partial charge is 0.264 e. The van der Waals surface area contributed by atoms with Gasteiger partial charge in [-0.3, -0.25) is 10.1 Å². The van der Waals surface area contributed by atoms with Gasteiger partial charge in [0, 0.05) is 17.6 Å². The summed E-state index contributed by atoms with van der Waals surface area (Å²) in [6, 6.07) is 5.17. The Morgan fingerprint density at radius 2 is 1.65 bits per heavy atom. The van der Waals surface area contributed by atoms with Gasteiger partial charge in [-0.05, 0) is 12.1 Å². The summed E-state index contributed by atoms with van der Waals surface area (Å²) in [6.45, 7) is 1.38. The van der Waals surface area contributed by atoms with E-state index in [1.165, 1.54) is 31.2 Å². The zero-order chi connectivity index (χ0) is 15.6. The van der Waals surface area contributed by atoms with E-state index in [0.717, 1.165) is 0 Å². The quantitative estimate of drug-likeness (QED) is 0.568. The van der Waals surface area contributed by atoms with Crippen LogP contribution in [0.4, 0.5) is 0 Å². The first-order valence-corrected chi connectivity index (χ1v) is 9.23. The maximum absolute atomic E-state index is 12.4. The highest BCUT2D eigenvalue weighted by molar-refractivity contribution is 8.08. The summed E-state index contributed by atoms with van der Waals surface area (Å²) in [5, 5.41) is 11.0. The molecule has 1 rings (SSSR count).